The number of aromatic hydroxyl groups is 1. The molecule has 0 saturated carbocycles. The zero-order valence-corrected chi connectivity index (χ0v) is 10.2. The molecule has 0 amide bonds. The summed E-state index contributed by atoms with van der Waals surface area (Å²) in [5.74, 6) is -0.457. The number of phenols is 1. The van der Waals surface area contributed by atoms with Crippen molar-refractivity contribution in [2.75, 3.05) is 0 Å². The summed E-state index contributed by atoms with van der Waals surface area (Å²) in [6.07, 6.45) is 0. The van der Waals surface area contributed by atoms with Crippen LogP contribution < -0.4 is 5.32 Å². The minimum Gasteiger partial charge on any atom is -0.508 e. The fraction of sp³-hybridized carbons (Fsp3) is 0.250. The quantitative estimate of drug-likeness (QED) is 0.879. The van der Waals surface area contributed by atoms with E-state index in [1.807, 2.05) is 12.3 Å². The average molecular weight is 252 g/mol. The van der Waals surface area contributed by atoms with Crippen LogP contribution in [0.3, 0.4) is 0 Å². The van der Waals surface area contributed by atoms with Crippen LogP contribution in [0.5, 0.6) is 5.75 Å². The molecule has 0 saturated heterocycles. The molecule has 1 heterocycles. The van der Waals surface area contributed by atoms with Crippen LogP contribution in [-0.2, 0) is 6.54 Å². The van der Waals surface area contributed by atoms with Gasteiger partial charge in [0, 0.05) is 29.6 Å². The molecule has 5 heteroatoms. The Kier molecular flexibility index (Phi) is 3.71. The maximum Gasteiger partial charge on any atom is 0.126 e. The summed E-state index contributed by atoms with van der Waals surface area (Å²) in [6, 6.07) is 3.99. The minimum atomic E-state index is -0.432. The molecule has 0 aliphatic heterocycles. The largest absolute Gasteiger partial charge is 0.508 e. The molecular formula is C12H13FN2OS. The number of hydrogen-bond donors (Lipinski definition) is 2. The molecule has 90 valence electrons. The topological polar surface area (TPSA) is 45.2 Å². The van der Waals surface area contributed by atoms with Crippen LogP contribution in [0.25, 0.3) is 0 Å². The second-order valence-electron chi connectivity index (χ2n) is 3.79. The number of rotatable bonds is 4. The molecule has 0 bridgehead atoms. The van der Waals surface area contributed by atoms with Crippen molar-refractivity contribution >= 4 is 11.3 Å². The first kappa shape index (κ1) is 12.0. The molecule has 1 unspecified atom stereocenters. The molecule has 0 aliphatic carbocycles. The van der Waals surface area contributed by atoms with Gasteiger partial charge in [-0.2, -0.15) is 0 Å². The van der Waals surface area contributed by atoms with Crippen LogP contribution in [0.4, 0.5) is 4.39 Å². The Morgan fingerprint density at radius 3 is 3.00 bits per heavy atom. The lowest BCUT2D eigenvalue weighted by atomic mass is 10.1. The van der Waals surface area contributed by atoms with Crippen LogP contribution in [0.1, 0.15) is 24.2 Å². The van der Waals surface area contributed by atoms with Crippen molar-refractivity contribution in [2.45, 2.75) is 19.5 Å². The predicted octanol–water partition coefficient (Wildman–Crippen LogP) is 2.84. The first-order valence-corrected chi connectivity index (χ1v) is 6.20. The first-order valence-electron chi connectivity index (χ1n) is 5.25. The van der Waals surface area contributed by atoms with Gasteiger partial charge in [-0.05, 0) is 13.0 Å². The van der Waals surface area contributed by atoms with Crippen molar-refractivity contribution in [3.63, 3.8) is 0 Å². The van der Waals surface area contributed by atoms with Crippen molar-refractivity contribution in [1.82, 2.24) is 10.3 Å². The molecule has 2 aromatic rings. The van der Waals surface area contributed by atoms with Crippen molar-refractivity contribution in [2.24, 2.45) is 0 Å². The van der Waals surface area contributed by atoms with Gasteiger partial charge in [0.1, 0.15) is 11.6 Å². The summed E-state index contributed by atoms with van der Waals surface area (Å²) < 4.78 is 12.8. The second-order valence-corrected chi connectivity index (χ2v) is 4.50. The molecule has 1 aromatic heterocycles. The molecule has 1 atom stereocenters. The van der Waals surface area contributed by atoms with Gasteiger partial charge in [0.15, 0.2) is 0 Å². The number of halogens is 1. The van der Waals surface area contributed by atoms with Crippen molar-refractivity contribution in [1.29, 1.82) is 0 Å². The van der Waals surface area contributed by atoms with Gasteiger partial charge in [-0.15, -0.1) is 11.3 Å². The molecule has 17 heavy (non-hydrogen) atoms. The van der Waals surface area contributed by atoms with Crippen LogP contribution in [0, 0.1) is 5.82 Å². The molecule has 0 aliphatic rings. The zero-order chi connectivity index (χ0) is 12.3. The molecular weight excluding hydrogens is 239 g/mol. The summed E-state index contributed by atoms with van der Waals surface area (Å²) in [7, 11) is 0. The SMILES string of the molecule is CC(NCc1cscn1)c1ccc(F)cc1O. The third kappa shape index (κ3) is 3.01. The van der Waals surface area contributed by atoms with Crippen LogP contribution >= 0.6 is 11.3 Å². The fourth-order valence-electron chi connectivity index (χ4n) is 1.58. The van der Waals surface area contributed by atoms with E-state index in [9.17, 15) is 9.50 Å². The maximum absolute atomic E-state index is 12.8. The Morgan fingerprint density at radius 1 is 1.53 bits per heavy atom. The van der Waals surface area contributed by atoms with E-state index in [0.29, 0.717) is 12.1 Å². The van der Waals surface area contributed by atoms with Crippen molar-refractivity contribution in [3.8, 4) is 5.75 Å². The molecule has 1 aromatic carbocycles. The van der Waals surface area contributed by atoms with Crippen LogP contribution in [0.2, 0.25) is 0 Å². The lowest BCUT2D eigenvalue weighted by Gasteiger charge is -2.14. The smallest absolute Gasteiger partial charge is 0.126 e. The summed E-state index contributed by atoms with van der Waals surface area (Å²) in [4.78, 5) is 4.15. The highest BCUT2D eigenvalue weighted by atomic mass is 32.1. The van der Waals surface area contributed by atoms with Gasteiger partial charge in [0.2, 0.25) is 0 Å². The van der Waals surface area contributed by atoms with E-state index in [2.05, 4.69) is 10.3 Å². The number of hydrogen-bond acceptors (Lipinski definition) is 4. The van der Waals surface area contributed by atoms with Gasteiger partial charge in [0.05, 0.1) is 11.2 Å². The number of aromatic nitrogens is 1. The molecule has 3 nitrogen and oxygen atoms in total. The molecule has 0 fully saturated rings. The Morgan fingerprint density at radius 2 is 2.35 bits per heavy atom. The van der Waals surface area contributed by atoms with Gasteiger partial charge in [-0.1, -0.05) is 6.07 Å². The Bertz CT molecular complexity index is 487. The van der Waals surface area contributed by atoms with Gasteiger partial charge in [0.25, 0.3) is 0 Å². The van der Waals surface area contributed by atoms with E-state index in [1.165, 1.54) is 6.07 Å². The highest BCUT2D eigenvalue weighted by Gasteiger charge is 2.10. The third-order valence-corrected chi connectivity index (χ3v) is 3.17. The van der Waals surface area contributed by atoms with E-state index in [-0.39, 0.29) is 11.8 Å². The van der Waals surface area contributed by atoms with Gasteiger partial charge in [-0.25, -0.2) is 9.37 Å². The zero-order valence-electron chi connectivity index (χ0n) is 9.35. The summed E-state index contributed by atoms with van der Waals surface area (Å²) in [5.41, 5.74) is 3.42. The lowest BCUT2D eigenvalue weighted by Crippen LogP contribution is -2.18. The molecule has 2 N–H and O–H groups in total. The molecule has 0 spiro atoms. The highest BCUT2D eigenvalue weighted by Crippen LogP contribution is 2.24. The number of thiazole rings is 1. The summed E-state index contributed by atoms with van der Waals surface area (Å²) in [5, 5.41) is 14.8. The van der Waals surface area contributed by atoms with E-state index in [1.54, 1.807) is 22.9 Å². The normalized spacial score (nSPS) is 12.6. The highest BCUT2D eigenvalue weighted by molar-refractivity contribution is 7.07. The molecule has 2 rings (SSSR count). The summed E-state index contributed by atoms with van der Waals surface area (Å²) >= 11 is 1.54. The van der Waals surface area contributed by atoms with Crippen LogP contribution in [-0.4, -0.2) is 10.1 Å². The Hall–Kier alpha value is -1.46. The number of nitrogens with one attached hydrogen (secondary N) is 1. The van der Waals surface area contributed by atoms with Crippen molar-refractivity contribution < 1.29 is 9.50 Å². The lowest BCUT2D eigenvalue weighted by molar-refractivity contribution is 0.446. The van der Waals surface area contributed by atoms with Crippen molar-refractivity contribution in [3.05, 3.63) is 46.2 Å². The maximum atomic E-state index is 12.8. The van der Waals surface area contributed by atoms with Crippen LogP contribution in [0.15, 0.2) is 29.1 Å². The van der Waals surface area contributed by atoms with Gasteiger partial charge >= 0.3 is 0 Å². The monoisotopic (exact) mass is 252 g/mol. The van der Waals surface area contributed by atoms with E-state index in [0.717, 1.165) is 11.8 Å². The number of phenolic OH excluding ortho intramolecular Hbond substituents is 1. The van der Waals surface area contributed by atoms with Gasteiger partial charge in [-0.3, -0.25) is 0 Å². The Labute approximate surface area is 103 Å². The second kappa shape index (κ2) is 5.25. The standard InChI is InChI=1S/C12H13FN2OS/c1-8(14-5-10-6-17-7-15-10)11-3-2-9(13)4-12(11)16/h2-4,6-8,14,16H,5H2,1H3. The van der Waals surface area contributed by atoms with Gasteiger partial charge < -0.3 is 10.4 Å². The third-order valence-electron chi connectivity index (χ3n) is 2.53. The summed E-state index contributed by atoms with van der Waals surface area (Å²) in [6.45, 7) is 2.54. The average Bonchev–Trinajstić information content (AvgIpc) is 2.78. The first-order chi connectivity index (χ1) is 8.16. The van der Waals surface area contributed by atoms with E-state index < -0.39 is 5.82 Å². The molecule has 0 radical (unpaired) electrons. The van der Waals surface area contributed by atoms with E-state index in [4.69, 9.17) is 0 Å². The minimum absolute atomic E-state index is 0.0247. The van der Waals surface area contributed by atoms with E-state index >= 15 is 0 Å². The number of nitrogens with zero attached hydrogens (tertiary/aromatic N) is 1. The predicted molar refractivity (Wildman–Crippen MR) is 65.4 cm³/mol. The fourth-order valence-corrected chi connectivity index (χ4v) is 2.13. The Balaban J connectivity index is 2.01. The number of benzene rings is 1.